The average molecular weight is 314 g/mol. The Morgan fingerprint density at radius 2 is 2.09 bits per heavy atom. The summed E-state index contributed by atoms with van der Waals surface area (Å²) in [5, 5.41) is 20.4. The zero-order valence-corrected chi connectivity index (χ0v) is 13.8. The number of likely N-dealkylation sites (tertiary alicyclic amines) is 1. The lowest BCUT2D eigenvalue weighted by Gasteiger charge is -2.53. The van der Waals surface area contributed by atoms with Gasteiger partial charge in [0.1, 0.15) is 17.0 Å². The summed E-state index contributed by atoms with van der Waals surface area (Å²) in [6.07, 6.45) is 2.31. The van der Waals surface area contributed by atoms with Gasteiger partial charge in [0.15, 0.2) is 0 Å². The van der Waals surface area contributed by atoms with Gasteiger partial charge < -0.3 is 14.7 Å². The van der Waals surface area contributed by atoms with Gasteiger partial charge in [0.05, 0.1) is 17.7 Å². The Morgan fingerprint density at radius 1 is 1.35 bits per heavy atom. The van der Waals surface area contributed by atoms with Gasteiger partial charge in [-0.2, -0.15) is 5.26 Å². The molecule has 0 saturated carbocycles. The molecule has 1 fully saturated rings. The molecule has 2 heterocycles. The molecule has 0 spiro atoms. The molecule has 0 bridgehead atoms. The van der Waals surface area contributed by atoms with Crippen LogP contribution in [0, 0.1) is 11.3 Å². The first-order chi connectivity index (χ1) is 10.8. The van der Waals surface area contributed by atoms with E-state index in [1.807, 2.05) is 13.8 Å². The lowest BCUT2D eigenvalue weighted by atomic mass is 9.74. The molecule has 1 saturated heterocycles. The maximum Gasteiger partial charge on any atom is 0.223 e. The second-order valence-electron chi connectivity index (χ2n) is 7.07. The van der Waals surface area contributed by atoms with Crippen LogP contribution in [0.15, 0.2) is 18.2 Å². The van der Waals surface area contributed by atoms with Gasteiger partial charge >= 0.3 is 0 Å². The largest absolute Gasteiger partial charge is 0.484 e. The number of benzene rings is 1. The number of hydrogen-bond donors (Lipinski definition) is 1. The molecule has 1 aromatic carbocycles. The number of piperidine rings is 1. The predicted octanol–water partition coefficient (Wildman–Crippen LogP) is 2.53. The van der Waals surface area contributed by atoms with Crippen molar-refractivity contribution in [3.8, 4) is 11.8 Å². The number of aliphatic hydroxyl groups is 1. The van der Waals surface area contributed by atoms with Crippen LogP contribution in [-0.4, -0.2) is 33.7 Å². The van der Waals surface area contributed by atoms with E-state index in [0.717, 1.165) is 12.8 Å². The van der Waals surface area contributed by atoms with Crippen molar-refractivity contribution in [3.05, 3.63) is 29.3 Å². The van der Waals surface area contributed by atoms with E-state index < -0.39 is 17.2 Å². The van der Waals surface area contributed by atoms with Crippen LogP contribution in [0.1, 0.15) is 57.2 Å². The second kappa shape index (κ2) is 5.24. The molecule has 2 unspecified atom stereocenters. The molecular weight excluding hydrogens is 292 g/mol. The minimum Gasteiger partial charge on any atom is -0.484 e. The quantitative estimate of drug-likeness (QED) is 0.864. The normalized spacial score (nSPS) is 29.4. The Labute approximate surface area is 136 Å². The van der Waals surface area contributed by atoms with Crippen molar-refractivity contribution in [1.82, 2.24) is 4.90 Å². The molecule has 2 aliphatic rings. The Bertz CT molecular complexity index is 688. The Balaban J connectivity index is 2.17. The summed E-state index contributed by atoms with van der Waals surface area (Å²) < 4.78 is 5.99. The van der Waals surface area contributed by atoms with Gasteiger partial charge in [-0.15, -0.1) is 0 Å². The minimum absolute atomic E-state index is 0.0486. The maximum atomic E-state index is 12.5. The van der Waals surface area contributed by atoms with Gasteiger partial charge in [-0.05, 0) is 51.8 Å². The van der Waals surface area contributed by atoms with Gasteiger partial charge in [-0.1, -0.05) is 0 Å². The van der Waals surface area contributed by atoms with Gasteiger partial charge in [-0.25, -0.2) is 0 Å². The number of carbonyl (C=O) groups is 1. The number of fused-ring (bicyclic) bond motifs is 1. The molecule has 1 N–H and O–H groups in total. The van der Waals surface area contributed by atoms with E-state index in [4.69, 9.17) is 4.74 Å². The van der Waals surface area contributed by atoms with E-state index in [0.29, 0.717) is 29.8 Å². The lowest BCUT2D eigenvalue weighted by molar-refractivity contribution is -0.176. The number of nitrogens with zero attached hydrogens (tertiary/aromatic N) is 2. The van der Waals surface area contributed by atoms with Gasteiger partial charge in [-0.3, -0.25) is 4.79 Å². The van der Waals surface area contributed by atoms with Crippen molar-refractivity contribution in [2.45, 2.75) is 57.3 Å². The number of hydrogen-bond acceptors (Lipinski definition) is 4. The molecule has 5 nitrogen and oxygen atoms in total. The van der Waals surface area contributed by atoms with Crippen LogP contribution >= 0.6 is 0 Å². The van der Waals surface area contributed by atoms with Crippen LogP contribution in [0.3, 0.4) is 0 Å². The van der Waals surface area contributed by atoms with Gasteiger partial charge in [0.2, 0.25) is 5.91 Å². The molecule has 1 aromatic rings. The van der Waals surface area contributed by atoms with Crippen molar-refractivity contribution >= 4 is 5.91 Å². The van der Waals surface area contributed by atoms with Crippen molar-refractivity contribution < 1.29 is 14.6 Å². The minimum atomic E-state index is -1.26. The first-order valence-electron chi connectivity index (χ1n) is 8.03. The summed E-state index contributed by atoms with van der Waals surface area (Å²) in [6, 6.07) is 6.79. The van der Waals surface area contributed by atoms with Crippen LogP contribution in [0.4, 0.5) is 0 Å². The molecule has 0 aromatic heterocycles. The molecular formula is C18H22N2O3. The van der Waals surface area contributed by atoms with E-state index in [1.54, 1.807) is 30.0 Å². The Kier molecular flexibility index (Phi) is 3.61. The molecule has 3 rings (SSSR count). The summed E-state index contributed by atoms with van der Waals surface area (Å²) in [5.74, 6) is 0.677. The van der Waals surface area contributed by atoms with E-state index in [1.165, 1.54) is 0 Å². The first-order valence-corrected chi connectivity index (χ1v) is 8.03. The highest BCUT2D eigenvalue weighted by Gasteiger charge is 2.55. The zero-order chi connectivity index (χ0) is 16.8. The van der Waals surface area contributed by atoms with Crippen molar-refractivity contribution in [2.75, 3.05) is 6.54 Å². The molecule has 2 aliphatic heterocycles. The van der Waals surface area contributed by atoms with Gasteiger partial charge in [0, 0.05) is 18.5 Å². The topological polar surface area (TPSA) is 73.6 Å². The highest BCUT2D eigenvalue weighted by atomic mass is 16.5. The Hall–Kier alpha value is -2.06. The van der Waals surface area contributed by atoms with E-state index >= 15 is 0 Å². The smallest absolute Gasteiger partial charge is 0.223 e. The fourth-order valence-corrected chi connectivity index (χ4v) is 3.51. The van der Waals surface area contributed by atoms with E-state index in [2.05, 4.69) is 6.07 Å². The van der Waals surface area contributed by atoms with Crippen LogP contribution in [-0.2, 0) is 4.79 Å². The second-order valence-corrected chi connectivity index (χ2v) is 7.07. The van der Waals surface area contributed by atoms with Crippen LogP contribution in [0.25, 0.3) is 0 Å². The van der Waals surface area contributed by atoms with E-state index in [-0.39, 0.29) is 5.91 Å². The highest BCUT2D eigenvalue weighted by Crippen LogP contribution is 2.49. The SMILES string of the molecule is CC1(C)Oc2ccc(C#N)cc2C(N2CCCCC2=O)C1(C)O. The van der Waals surface area contributed by atoms with Crippen molar-refractivity contribution in [1.29, 1.82) is 5.26 Å². The molecule has 122 valence electrons. The first kappa shape index (κ1) is 15.8. The number of rotatable bonds is 1. The Morgan fingerprint density at radius 3 is 2.74 bits per heavy atom. The molecule has 5 heteroatoms. The fraction of sp³-hybridized carbons (Fsp3) is 0.556. The van der Waals surface area contributed by atoms with Crippen molar-refractivity contribution in [3.63, 3.8) is 0 Å². The number of nitriles is 1. The molecule has 0 aliphatic carbocycles. The van der Waals surface area contributed by atoms with Crippen LogP contribution in [0.2, 0.25) is 0 Å². The third kappa shape index (κ3) is 2.38. The standard InChI is InChI=1S/C18H22N2O3/c1-17(2)18(3,22)16(20-9-5-4-6-15(20)21)13-10-12(11-19)7-8-14(13)23-17/h7-8,10,16,22H,4-6,9H2,1-3H3. The van der Waals surface area contributed by atoms with Gasteiger partial charge in [0.25, 0.3) is 0 Å². The summed E-state index contributed by atoms with van der Waals surface area (Å²) in [6.45, 7) is 5.98. The molecule has 0 radical (unpaired) electrons. The van der Waals surface area contributed by atoms with Crippen LogP contribution in [0.5, 0.6) is 5.75 Å². The summed E-state index contributed by atoms with van der Waals surface area (Å²) in [7, 11) is 0. The number of ether oxygens (including phenoxy) is 1. The number of carbonyl (C=O) groups excluding carboxylic acids is 1. The molecule has 23 heavy (non-hydrogen) atoms. The summed E-state index contributed by atoms with van der Waals surface area (Å²) in [5.41, 5.74) is -0.904. The molecule has 2 atom stereocenters. The van der Waals surface area contributed by atoms with Crippen LogP contribution < -0.4 is 4.74 Å². The van der Waals surface area contributed by atoms with Crippen molar-refractivity contribution in [2.24, 2.45) is 0 Å². The highest BCUT2D eigenvalue weighted by molar-refractivity contribution is 5.78. The fourth-order valence-electron chi connectivity index (χ4n) is 3.51. The lowest BCUT2D eigenvalue weighted by Crippen LogP contribution is -2.63. The number of amides is 1. The maximum absolute atomic E-state index is 12.5. The van der Waals surface area contributed by atoms with E-state index in [9.17, 15) is 15.2 Å². The zero-order valence-electron chi connectivity index (χ0n) is 13.8. The monoisotopic (exact) mass is 314 g/mol. The summed E-state index contributed by atoms with van der Waals surface area (Å²) >= 11 is 0. The third-order valence-corrected chi connectivity index (χ3v) is 5.22. The third-order valence-electron chi connectivity index (χ3n) is 5.22. The predicted molar refractivity (Wildman–Crippen MR) is 84.8 cm³/mol. The average Bonchev–Trinajstić information content (AvgIpc) is 2.49. The summed E-state index contributed by atoms with van der Waals surface area (Å²) in [4.78, 5) is 14.2. The molecule has 1 amide bonds.